The number of aryl methyl sites for hydroxylation is 2. The maximum atomic E-state index is 12.6. The Kier molecular flexibility index (Phi) is 6.45. The minimum atomic E-state index is -0.243. The lowest BCUT2D eigenvalue weighted by Gasteiger charge is -2.17. The maximum absolute atomic E-state index is 12.6. The van der Waals surface area contributed by atoms with Crippen LogP contribution in [-0.2, 0) is 11.2 Å². The third-order valence-corrected chi connectivity index (χ3v) is 5.18. The molecule has 0 spiro atoms. The molecule has 1 amide bonds. The molecule has 148 valence electrons. The Morgan fingerprint density at radius 2 is 2.14 bits per heavy atom. The molecule has 0 aromatic carbocycles. The first-order valence-electron chi connectivity index (χ1n) is 9.14. The zero-order valence-corrected chi connectivity index (χ0v) is 17.0. The van der Waals surface area contributed by atoms with E-state index in [1.165, 1.54) is 0 Å². The number of pyridine rings is 1. The van der Waals surface area contributed by atoms with Gasteiger partial charge in [-0.25, -0.2) is 4.98 Å². The fourth-order valence-corrected chi connectivity index (χ4v) is 3.62. The summed E-state index contributed by atoms with van der Waals surface area (Å²) in [6.45, 7) is 3.53. The van der Waals surface area contributed by atoms with E-state index in [0.29, 0.717) is 29.3 Å². The van der Waals surface area contributed by atoms with Crippen molar-refractivity contribution >= 4 is 23.3 Å². The molecule has 0 saturated carbocycles. The minimum absolute atomic E-state index is 0.127. The minimum Gasteiger partial charge on any atom is -0.346 e. The van der Waals surface area contributed by atoms with E-state index in [-0.39, 0.29) is 23.9 Å². The number of carbonyl (C=O) groups excluding carboxylic acids is 1. The van der Waals surface area contributed by atoms with Gasteiger partial charge in [0.15, 0.2) is 11.5 Å². The lowest BCUT2D eigenvalue weighted by atomic mass is 10.1. The molecule has 0 radical (unpaired) electrons. The number of carbonyl (C=O) groups is 1. The molecule has 0 fully saturated rings. The zero-order valence-electron chi connectivity index (χ0n) is 16.2. The fourth-order valence-electron chi connectivity index (χ4n) is 3.15. The normalized spacial score (nSPS) is 12.2. The van der Waals surface area contributed by atoms with Gasteiger partial charge in [0.1, 0.15) is 5.82 Å². The van der Waals surface area contributed by atoms with Crippen LogP contribution in [0.4, 0.5) is 0 Å². The SMILES string of the molecule is CSCCC(NC(=O)CCc1c(C)nc(C)[nH]c1=O)c1nnc2ccccn12. The number of H-pyrrole nitrogens is 1. The molecule has 9 heteroatoms. The summed E-state index contributed by atoms with van der Waals surface area (Å²) in [4.78, 5) is 31.7. The van der Waals surface area contributed by atoms with Crippen LogP contribution in [0.25, 0.3) is 5.65 Å². The monoisotopic (exact) mass is 400 g/mol. The van der Waals surface area contributed by atoms with Crippen molar-refractivity contribution in [3.63, 3.8) is 0 Å². The molecule has 1 atom stereocenters. The summed E-state index contributed by atoms with van der Waals surface area (Å²) in [5.41, 5.74) is 1.78. The second-order valence-corrected chi connectivity index (χ2v) is 7.59. The Morgan fingerprint density at radius 3 is 2.89 bits per heavy atom. The number of hydrogen-bond acceptors (Lipinski definition) is 6. The third kappa shape index (κ3) is 4.59. The highest BCUT2D eigenvalue weighted by atomic mass is 32.2. The molecule has 0 aliphatic carbocycles. The van der Waals surface area contributed by atoms with Gasteiger partial charge in [-0.2, -0.15) is 11.8 Å². The molecule has 3 aromatic rings. The molecule has 0 aliphatic heterocycles. The molecule has 8 nitrogen and oxygen atoms in total. The molecule has 0 aliphatic rings. The second kappa shape index (κ2) is 9.01. The highest BCUT2D eigenvalue weighted by Crippen LogP contribution is 2.18. The molecule has 2 N–H and O–H groups in total. The number of rotatable bonds is 8. The van der Waals surface area contributed by atoms with Gasteiger partial charge in [-0.15, -0.1) is 10.2 Å². The molecule has 28 heavy (non-hydrogen) atoms. The number of nitrogens with zero attached hydrogens (tertiary/aromatic N) is 4. The van der Waals surface area contributed by atoms with Gasteiger partial charge in [-0.3, -0.25) is 14.0 Å². The van der Waals surface area contributed by atoms with E-state index in [2.05, 4.69) is 25.5 Å². The number of nitrogens with one attached hydrogen (secondary N) is 2. The summed E-state index contributed by atoms with van der Waals surface area (Å²) in [5, 5.41) is 11.5. The number of amides is 1. The molecule has 3 aromatic heterocycles. The first-order chi connectivity index (χ1) is 13.5. The van der Waals surface area contributed by atoms with Crippen LogP contribution in [0.2, 0.25) is 0 Å². The molecule has 0 bridgehead atoms. The van der Waals surface area contributed by atoms with Gasteiger partial charge in [-0.1, -0.05) is 6.07 Å². The van der Waals surface area contributed by atoms with Crippen LogP contribution < -0.4 is 10.9 Å². The van der Waals surface area contributed by atoms with Crippen molar-refractivity contribution < 1.29 is 4.79 Å². The molecular weight excluding hydrogens is 376 g/mol. The molecule has 0 saturated heterocycles. The zero-order chi connectivity index (χ0) is 20.1. The number of hydrogen-bond donors (Lipinski definition) is 2. The second-order valence-electron chi connectivity index (χ2n) is 6.60. The quantitative estimate of drug-likeness (QED) is 0.599. The van der Waals surface area contributed by atoms with E-state index < -0.39 is 0 Å². The Labute approximate surface area is 167 Å². The largest absolute Gasteiger partial charge is 0.346 e. The van der Waals surface area contributed by atoms with Crippen LogP contribution in [0.1, 0.15) is 41.8 Å². The van der Waals surface area contributed by atoms with Gasteiger partial charge >= 0.3 is 0 Å². The van der Waals surface area contributed by atoms with Gasteiger partial charge in [0.2, 0.25) is 5.91 Å². The van der Waals surface area contributed by atoms with Gasteiger partial charge in [0.05, 0.1) is 6.04 Å². The smallest absolute Gasteiger partial charge is 0.254 e. The van der Waals surface area contributed by atoms with Gasteiger partial charge in [0.25, 0.3) is 5.56 Å². The van der Waals surface area contributed by atoms with Crippen molar-refractivity contribution in [3.05, 3.63) is 57.7 Å². The lowest BCUT2D eigenvalue weighted by Crippen LogP contribution is -2.31. The summed E-state index contributed by atoms with van der Waals surface area (Å²) in [7, 11) is 0. The average Bonchev–Trinajstić information content (AvgIpc) is 3.08. The van der Waals surface area contributed by atoms with Crippen LogP contribution >= 0.6 is 11.8 Å². The van der Waals surface area contributed by atoms with Crippen molar-refractivity contribution in [1.82, 2.24) is 29.9 Å². The van der Waals surface area contributed by atoms with E-state index in [1.807, 2.05) is 35.1 Å². The number of thioether (sulfide) groups is 1. The van der Waals surface area contributed by atoms with Crippen molar-refractivity contribution in [2.75, 3.05) is 12.0 Å². The van der Waals surface area contributed by atoms with Crippen molar-refractivity contribution in [3.8, 4) is 0 Å². The van der Waals surface area contributed by atoms with E-state index in [4.69, 9.17) is 0 Å². The van der Waals surface area contributed by atoms with Crippen LogP contribution in [-0.4, -0.2) is 42.5 Å². The molecular formula is C19H24N6O2S. The van der Waals surface area contributed by atoms with Gasteiger partial charge in [0, 0.05) is 23.9 Å². The summed E-state index contributed by atoms with van der Waals surface area (Å²) in [6, 6.07) is 5.45. The van der Waals surface area contributed by atoms with Crippen molar-refractivity contribution in [1.29, 1.82) is 0 Å². The molecule has 1 unspecified atom stereocenters. The summed E-state index contributed by atoms with van der Waals surface area (Å²) < 4.78 is 1.89. The lowest BCUT2D eigenvalue weighted by molar-refractivity contribution is -0.121. The number of aromatic amines is 1. The average molecular weight is 401 g/mol. The van der Waals surface area contributed by atoms with Crippen LogP contribution in [0, 0.1) is 13.8 Å². The van der Waals surface area contributed by atoms with E-state index in [9.17, 15) is 9.59 Å². The first-order valence-corrected chi connectivity index (χ1v) is 10.5. The standard InChI is InChI=1S/C19H24N6O2S/c1-12-14(19(27)21-13(2)20-12)7-8-17(26)22-15(9-11-28-3)18-24-23-16-6-4-5-10-25(16)18/h4-6,10,15H,7-9,11H2,1-3H3,(H,22,26)(H,20,21,27). The Hall–Kier alpha value is -2.68. The highest BCUT2D eigenvalue weighted by Gasteiger charge is 2.20. The van der Waals surface area contributed by atoms with Crippen LogP contribution in [0.15, 0.2) is 29.2 Å². The van der Waals surface area contributed by atoms with Gasteiger partial charge in [-0.05, 0) is 50.8 Å². The third-order valence-electron chi connectivity index (χ3n) is 4.54. The molecule has 3 heterocycles. The number of fused-ring (bicyclic) bond motifs is 1. The maximum Gasteiger partial charge on any atom is 0.254 e. The highest BCUT2D eigenvalue weighted by molar-refractivity contribution is 7.98. The van der Waals surface area contributed by atoms with Gasteiger partial charge < -0.3 is 10.3 Å². The Bertz CT molecular complexity index is 1030. The topological polar surface area (TPSA) is 105 Å². The Morgan fingerprint density at radius 1 is 1.32 bits per heavy atom. The van der Waals surface area contributed by atoms with Crippen LogP contribution in [0.3, 0.4) is 0 Å². The van der Waals surface area contributed by atoms with Crippen molar-refractivity contribution in [2.24, 2.45) is 0 Å². The fraction of sp³-hybridized carbons (Fsp3) is 0.421. The Balaban J connectivity index is 1.73. The number of aromatic nitrogens is 5. The summed E-state index contributed by atoms with van der Waals surface area (Å²) in [5.74, 6) is 2.04. The van der Waals surface area contributed by atoms with E-state index in [0.717, 1.165) is 17.8 Å². The summed E-state index contributed by atoms with van der Waals surface area (Å²) in [6.07, 6.45) is 5.22. The van der Waals surface area contributed by atoms with E-state index >= 15 is 0 Å². The van der Waals surface area contributed by atoms with E-state index in [1.54, 1.807) is 25.6 Å². The molecule has 3 rings (SSSR count). The predicted octanol–water partition coefficient (Wildman–Crippen LogP) is 1.97. The van der Waals surface area contributed by atoms with Crippen molar-refractivity contribution in [2.45, 2.75) is 39.2 Å². The summed E-state index contributed by atoms with van der Waals surface area (Å²) >= 11 is 1.71. The van der Waals surface area contributed by atoms with Crippen LogP contribution in [0.5, 0.6) is 0 Å². The first kappa shape index (κ1) is 20.1. The predicted molar refractivity (Wildman–Crippen MR) is 110 cm³/mol.